The average molecular weight is 294 g/mol. The Morgan fingerprint density at radius 2 is 2.14 bits per heavy atom. The van der Waals surface area contributed by atoms with E-state index in [0.717, 1.165) is 22.5 Å². The van der Waals surface area contributed by atoms with Gasteiger partial charge < -0.3 is 5.32 Å². The largest absolute Gasteiger partial charge is 0.305 e. The molecule has 22 heavy (non-hydrogen) atoms. The topological polar surface area (TPSA) is 59.3 Å². The highest BCUT2D eigenvalue weighted by Crippen LogP contribution is 2.18. The number of nitrogens with one attached hydrogen (secondary N) is 1. The van der Waals surface area contributed by atoms with Crippen molar-refractivity contribution in [3.63, 3.8) is 0 Å². The number of aryl methyl sites for hydroxylation is 3. The molecule has 3 aromatic heterocycles. The Bertz CT molecular complexity index is 851. The zero-order valence-corrected chi connectivity index (χ0v) is 12.9. The molecule has 0 atom stereocenters. The minimum absolute atomic E-state index is 0.187. The van der Waals surface area contributed by atoms with Crippen molar-refractivity contribution in [3.05, 3.63) is 59.2 Å². The highest BCUT2D eigenvalue weighted by Gasteiger charge is 2.19. The number of hydrogen-bond donors (Lipinski definition) is 1. The van der Waals surface area contributed by atoms with Gasteiger partial charge in [-0.1, -0.05) is 13.0 Å². The Morgan fingerprint density at radius 1 is 1.32 bits per heavy atom. The molecule has 1 amide bonds. The first-order chi connectivity index (χ1) is 10.6. The summed E-state index contributed by atoms with van der Waals surface area (Å²) in [5.41, 5.74) is 4.28. The van der Waals surface area contributed by atoms with Gasteiger partial charge in [0.25, 0.3) is 5.91 Å². The fraction of sp³-hybridized carbons (Fsp3) is 0.235. The molecule has 0 aliphatic rings. The molecule has 0 spiro atoms. The predicted octanol–water partition coefficient (Wildman–Crippen LogP) is 3.16. The van der Waals surface area contributed by atoms with Crippen molar-refractivity contribution < 1.29 is 4.79 Å². The quantitative estimate of drug-likeness (QED) is 0.807. The first-order valence-electron chi connectivity index (χ1n) is 7.30. The van der Waals surface area contributed by atoms with Crippen LogP contribution in [0.2, 0.25) is 0 Å². The van der Waals surface area contributed by atoms with Crippen molar-refractivity contribution >= 4 is 17.4 Å². The number of fused-ring (bicyclic) bond motifs is 1. The molecule has 0 aliphatic carbocycles. The van der Waals surface area contributed by atoms with Gasteiger partial charge in [0.15, 0.2) is 0 Å². The van der Waals surface area contributed by atoms with Crippen molar-refractivity contribution in [1.82, 2.24) is 14.4 Å². The van der Waals surface area contributed by atoms with E-state index in [9.17, 15) is 4.79 Å². The van der Waals surface area contributed by atoms with Gasteiger partial charge in [-0.15, -0.1) is 0 Å². The molecular formula is C17H18N4O. The second kappa shape index (κ2) is 5.60. The van der Waals surface area contributed by atoms with Gasteiger partial charge in [-0.05, 0) is 49.6 Å². The first kappa shape index (κ1) is 14.3. The molecule has 0 aliphatic heterocycles. The predicted molar refractivity (Wildman–Crippen MR) is 86.2 cm³/mol. The molecule has 3 aromatic rings. The summed E-state index contributed by atoms with van der Waals surface area (Å²) >= 11 is 0. The summed E-state index contributed by atoms with van der Waals surface area (Å²) in [5, 5.41) is 2.86. The van der Waals surface area contributed by atoms with E-state index in [4.69, 9.17) is 0 Å². The van der Waals surface area contributed by atoms with E-state index >= 15 is 0 Å². The fourth-order valence-electron chi connectivity index (χ4n) is 2.52. The van der Waals surface area contributed by atoms with Crippen molar-refractivity contribution in [1.29, 1.82) is 0 Å². The molecule has 0 aromatic carbocycles. The molecule has 0 bridgehead atoms. The van der Waals surface area contributed by atoms with E-state index in [1.807, 2.05) is 55.6 Å². The maximum absolute atomic E-state index is 12.7. The highest BCUT2D eigenvalue weighted by atomic mass is 16.2. The van der Waals surface area contributed by atoms with Gasteiger partial charge in [-0.2, -0.15) is 0 Å². The lowest BCUT2D eigenvalue weighted by atomic mass is 10.2. The molecule has 3 rings (SSSR count). The van der Waals surface area contributed by atoms with Gasteiger partial charge in [0, 0.05) is 12.4 Å². The smallest absolute Gasteiger partial charge is 0.275 e. The van der Waals surface area contributed by atoms with Gasteiger partial charge in [0.1, 0.15) is 17.2 Å². The SMILES string of the molecule is CCc1nc2c(C)cccn2c1C(=O)Nc1cc(C)ccn1. The van der Waals surface area contributed by atoms with Gasteiger partial charge in [0.2, 0.25) is 0 Å². The van der Waals surface area contributed by atoms with Crippen molar-refractivity contribution in [2.75, 3.05) is 5.32 Å². The number of aromatic nitrogens is 3. The molecule has 0 saturated heterocycles. The molecule has 0 fully saturated rings. The van der Waals surface area contributed by atoms with Crippen molar-refractivity contribution in [2.24, 2.45) is 0 Å². The lowest BCUT2D eigenvalue weighted by Crippen LogP contribution is -2.17. The monoisotopic (exact) mass is 294 g/mol. The molecule has 112 valence electrons. The Labute approximate surface area is 129 Å². The van der Waals surface area contributed by atoms with Crippen LogP contribution in [-0.4, -0.2) is 20.3 Å². The second-order valence-electron chi connectivity index (χ2n) is 5.32. The van der Waals surface area contributed by atoms with Gasteiger partial charge >= 0.3 is 0 Å². The Morgan fingerprint density at radius 3 is 2.86 bits per heavy atom. The standard InChI is InChI=1S/C17H18N4O/c1-4-13-15(21-9-5-6-12(3)16(21)19-13)17(22)20-14-10-11(2)7-8-18-14/h5-10H,4H2,1-3H3,(H,18,20,22). The number of imidazole rings is 1. The van der Waals surface area contributed by atoms with Crippen LogP contribution in [0, 0.1) is 13.8 Å². The number of anilines is 1. The zero-order chi connectivity index (χ0) is 15.7. The second-order valence-corrected chi connectivity index (χ2v) is 5.32. The molecule has 3 heterocycles. The number of amides is 1. The molecule has 5 nitrogen and oxygen atoms in total. The summed E-state index contributed by atoms with van der Waals surface area (Å²) in [6.07, 6.45) is 4.25. The number of hydrogen-bond acceptors (Lipinski definition) is 3. The van der Waals surface area contributed by atoms with Crippen LogP contribution in [0.25, 0.3) is 5.65 Å². The van der Waals surface area contributed by atoms with Crippen molar-refractivity contribution in [2.45, 2.75) is 27.2 Å². The minimum Gasteiger partial charge on any atom is -0.305 e. The van der Waals surface area contributed by atoms with Crippen molar-refractivity contribution in [3.8, 4) is 0 Å². The van der Waals surface area contributed by atoms with E-state index in [0.29, 0.717) is 17.9 Å². The maximum atomic E-state index is 12.7. The van der Waals surface area contributed by atoms with E-state index in [2.05, 4.69) is 15.3 Å². The molecule has 1 N–H and O–H groups in total. The van der Waals surface area contributed by atoms with Crippen LogP contribution < -0.4 is 5.32 Å². The van der Waals surface area contributed by atoms with Crippen LogP contribution in [0.15, 0.2) is 36.7 Å². The summed E-state index contributed by atoms with van der Waals surface area (Å²) in [6.45, 7) is 5.96. The van der Waals surface area contributed by atoms with Crippen LogP contribution in [0.3, 0.4) is 0 Å². The fourth-order valence-corrected chi connectivity index (χ4v) is 2.52. The third-order valence-electron chi connectivity index (χ3n) is 3.62. The lowest BCUT2D eigenvalue weighted by molar-refractivity contribution is 0.102. The van der Waals surface area contributed by atoms with Gasteiger partial charge in [-0.3, -0.25) is 9.20 Å². The zero-order valence-electron chi connectivity index (χ0n) is 12.9. The van der Waals surface area contributed by atoms with E-state index < -0.39 is 0 Å². The van der Waals surface area contributed by atoms with E-state index in [1.54, 1.807) is 6.20 Å². The third kappa shape index (κ3) is 2.45. The first-order valence-corrected chi connectivity index (χ1v) is 7.30. The Kier molecular flexibility index (Phi) is 3.63. The minimum atomic E-state index is -0.187. The maximum Gasteiger partial charge on any atom is 0.275 e. The van der Waals surface area contributed by atoms with Crippen LogP contribution >= 0.6 is 0 Å². The molecular weight excluding hydrogens is 276 g/mol. The van der Waals surface area contributed by atoms with E-state index in [-0.39, 0.29) is 5.91 Å². The number of carbonyl (C=O) groups excluding carboxylic acids is 1. The molecule has 0 radical (unpaired) electrons. The summed E-state index contributed by atoms with van der Waals surface area (Å²) in [7, 11) is 0. The number of nitrogens with zero attached hydrogens (tertiary/aromatic N) is 3. The van der Waals surface area contributed by atoms with Crippen LogP contribution in [0.5, 0.6) is 0 Å². The molecule has 0 saturated carbocycles. The van der Waals surface area contributed by atoms with Crippen LogP contribution in [0.1, 0.15) is 34.2 Å². The normalized spacial score (nSPS) is 10.9. The van der Waals surface area contributed by atoms with Gasteiger partial charge in [-0.25, -0.2) is 9.97 Å². The van der Waals surface area contributed by atoms with E-state index in [1.165, 1.54) is 0 Å². The summed E-state index contributed by atoms with van der Waals surface area (Å²) in [5.74, 6) is 0.364. The number of rotatable bonds is 3. The molecule has 0 unspecified atom stereocenters. The lowest BCUT2D eigenvalue weighted by Gasteiger charge is -2.06. The average Bonchev–Trinajstić information content (AvgIpc) is 2.87. The number of pyridine rings is 2. The summed E-state index contributed by atoms with van der Waals surface area (Å²) < 4.78 is 1.85. The number of carbonyl (C=O) groups is 1. The summed E-state index contributed by atoms with van der Waals surface area (Å²) in [6, 6.07) is 7.65. The molecule has 5 heteroatoms. The summed E-state index contributed by atoms with van der Waals surface area (Å²) in [4.78, 5) is 21.5. The third-order valence-corrected chi connectivity index (χ3v) is 3.62. The van der Waals surface area contributed by atoms with Gasteiger partial charge in [0.05, 0.1) is 5.69 Å². The van der Waals surface area contributed by atoms with Crippen LogP contribution in [-0.2, 0) is 6.42 Å². The Balaban J connectivity index is 2.05. The Hall–Kier alpha value is -2.69. The van der Waals surface area contributed by atoms with Crippen LogP contribution in [0.4, 0.5) is 5.82 Å². The highest BCUT2D eigenvalue weighted by molar-refractivity contribution is 6.04.